The molecular formula is C21H23FN4OS. The molecule has 0 aliphatic rings. The number of carbonyl (C=O) groups is 1. The molecule has 0 fully saturated rings. The van der Waals surface area contributed by atoms with E-state index >= 15 is 0 Å². The average Bonchev–Trinajstić information content (AvgIpc) is 3.12. The number of carbonyl (C=O) groups excluding carboxylic acids is 1. The molecule has 1 heterocycles. The molecule has 0 aliphatic heterocycles. The summed E-state index contributed by atoms with van der Waals surface area (Å²) in [7, 11) is 0. The van der Waals surface area contributed by atoms with E-state index in [2.05, 4.69) is 22.4 Å². The maximum atomic E-state index is 13.4. The Morgan fingerprint density at radius 3 is 2.54 bits per heavy atom. The van der Waals surface area contributed by atoms with Gasteiger partial charge in [-0.25, -0.2) is 4.39 Å². The molecule has 0 aliphatic carbocycles. The highest BCUT2D eigenvalue weighted by Crippen LogP contribution is 2.28. The van der Waals surface area contributed by atoms with Crippen LogP contribution in [0.15, 0.2) is 59.8 Å². The topological polar surface area (TPSA) is 59.8 Å². The minimum atomic E-state index is -0.309. The molecule has 1 atom stereocenters. The molecule has 5 nitrogen and oxygen atoms in total. The highest BCUT2D eigenvalue weighted by atomic mass is 32.2. The van der Waals surface area contributed by atoms with E-state index < -0.39 is 0 Å². The summed E-state index contributed by atoms with van der Waals surface area (Å²) in [4.78, 5) is 12.2. The summed E-state index contributed by atoms with van der Waals surface area (Å²) in [6.07, 6.45) is 1.97. The van der Waals surface area contributed by atoms with Crippen molar-refractivity contribution in [3.05, 3.63) is 60.4 Å². The Balaban J connectivity index is 1.86. The van der Waals surface area contributed by atoms with Crippen LogP contribution in [0.2, 0.25) is 0 Å². The van der Waals surface area contributed by atoms with Crippen LogP contribution < -0.4 is 5.32 Å². The molecule has 0 radical (unpaired) electrons. The van der Waals surface area contributed by atoms with Crippen LogP contribution in [0.3, 0.4) is 0 Å². The maximum absolute atomic E-state index is 13.4. The van der Waals surface area contributed by atoms with Gasteiger partial charge in [0.25, 0.3) is 0 Å². The number of nitrogens with zero attached hydrogens (tertiary/aromatic N) is 3. The summed E-state index contributed by atoms with van der Waals surface area (Å²) in [5.41, 5.74) is 1.64. The fourth-order valence-electron chi connectivity index (χ4n) is 2.91. The number of nitrogens with one attached hydrogen (secondary N) is 1. The van der Waals surface area contributed by atoms with E-state index in [1.807, 2.05) is 41.8 Å². The third-order valence-corrected chi connectivity index (χ3v) is 5.14. The Morgan fingerprint density at radius 2 is 1.86 bits per heavy atom. The lowest BCUT2D eigenvalue weighted by molar-refractivity contribution is -0.119. The molecule has 1 unspecified atom stereocenters. The first-order chi connectivity index (χ1) is 13.6. The third-order valence-electron chi connectivity index (χ3n) is 4.21. The first kappa shape index (κ1) is 20.1. The van der Waals surface area contributed by atoms with E-state index in [0.29, 0.717) is 11.0 Å². The van der Waals surface area contributed by atoms with E-state index in [1.54, 1.807) is 12.1 Å². The number of hydrogen-bond acceptors (Lipinski definition) is 4. The van der Waals surface area contributed by atoms with Crippen LogP contribution in [0.4, 0.5) is 4.39 Å². The molecule has 28 heavy (non-hydrogen) atoms. The second kappa shape index (κ2) is 9.50. The molecule has 7 heteroatoms. The highest BCUT2D eigenvalue weighted by Gasteiger charge is 2.17. The molecule has 3 aromatic rings. The molecule has 0 saturated heterocycles. The minimum Gasteiger partial charge on any atom is -0.353 e. The lowest BCUT2D eigenvalue weighted by Gasteiger charge is -2.13. The number of amides is 1. The summed E-state index contributed by atoms with van der Waals surface area (Å²) in [6, 6.07) is 16.0. The smallest absolute Gasteiger partial charge is 0.230 e. The highest BCUT2D eigenvalue weighted by molar-refractivity contribution is 7.99. The molecule has 0 saturated carbocycles. The van der Waals surface area contributed by atoms with E-state index in [9.17, 15) is 9.18 Å². The molecule has 1 N–H and O–H groups in total. The van der Waals surface area contributed by atoms with Gasteiger partial charge in [-0.3, -0.25) is 9.36 Å². The van der Waals surface area contributed by atoms with E-state index in [-0.39, 0.29) is 23.5 Å². The van der Waals surface area contributed by atoms with Gasteiger partial charge in [0.15, 0.2) is 11.0 Å². The Kier molecular flexibility index (Phi) is 6.81. The van der Waals surface area contributed by atoms with E-state index in [4.69, 9.17) is 0 Å². The van der Waals surface area contributed by atoms with Crippen molar-refractivity contribution in [2.75, 3.05) is 5.75 Å². The standard InChI is InChI=1S/C21H23FN4OS/c1-3-7-15(2)23-19(27)14-28-21-25-24-20(16-8-5-4-6-9-16)26(21)18-12-10-17(22)11-13-18/h4-6,8-13,15H,3,7,14H2,1-2H3,(H,23,27). The molecule has 2 aromatic carbocycles. The Hall–Kier alpha value is -2.67. The van der Waals surface area contributed by atoms with E-state index in [1.165, 1.54) is 23.9 Å². The van der Waals surface area contributed by atoms with Gasteiger partial charge in [0.05, 0.1) is 5.75 Å². The van der Waals surface area contributed by atoms with Crippen molar-refractivity contribution in [2.24, 2.45) is 0 Å². The molecule has 0 spiro atoms. The predicted octanol–water partition coefficient (Wildman–Crippen LogP) is 4.47. The van der Waals surface area contributed by atoms with Gasteiger partial charge in [0.1, 0.15) is 5.82 Å². The Labute approximate surface area is 168 Å². The van der Waals surface area contributed by atoms with Gasteiger partial charge in [0.2, 0.25) is 5.91 Å². The van der Waals surface area contributed by atoms with Crippen molar-refractivity contribution >= 4 is 17.7 Å². The van der Waals surface area contributed by atoms with Crippen LogP contribution >= 0.6 is 11.8 Å². The summed E-state index contributed by atoms with van der Waals surface area (Å²) in [6.45, 7) is 4.09. The van der Waals surface area contributed by atoms with Gasteiger partial charge in [-0.15, -0.1) is 10.2 Å². The number of thioether (sulfide) groups is 1. The number of rotatable bonds is 8. The quantitative estimate of drug-likeness (QED) is 0.569. The fourth-order valence-corrected chi connectivity index (χ4v) is 3.68. The molecule has 146 valence electrons. The summed E-state index contributed by atoms with van der Waals surface area (Å²) in [5, 5.41) is 12.2. The lowest BCUT2D eigenvalue weighted by atomic mass is 10.2. The number of benzene rings is 2. The minimum absolute atomic E-state index is 0.0409. The molecule has 3 rings (SSSR count). The zero-order chi connectivity index (χ0) is 19.9. The van der Waals surface area contributed by atoms with Gasteiger partial charge in [-0.1, -0.05) is 55.4 Å². The van der Waals surface area contributed by atoms with E-state index in [0.717, 1.165) is 24.1 Å². The summed E-state index contributed by atoms with van der Waals surface area (Å²) in [5.74, 6) is 0.536. The SMILES string of the molecule is CCCC(C)NC(=O)CSc1nnc(-c2ccccc2)n1-c1ccc(F)cc1. The van der Waals surface area contributed by atoms with Gasteiger partial charge in [-0.05, 0) is 37.6 Å². The Morgan fingerprint density at radius 1 is 1.14 bits per heavy atom. The van der Waals surface area contributed by atoms with Gasteiger partial charge < -0.3 is 5.32 Å². The van der Waals surface area contributed by atoms with Crippen molar-refractivity contribution < 1.29 is 9.18 Å². The number of halogens is 1. The first-order valence-electron chi connectivity index (χ1n) is 9.27. The van der Waals surface area contributed by atoms with Crippen LogP contribution in [0.1, 0.15) is 26.7 Å². The largest absolute Gasteiger partial charge is 0.353 e. The average molecular weight is 399 g/mol. The van der Waals surface area contributed by atoms with Gasteiger partial charge >= 0.3 is 0 Å². The first-order valence-corrected chi connectivity index (χ1v) is 10.3. The van der Waals surface area contributed by atoms with Crippen molar-refractivity contribution in [1.29, 1.82) is 0 Å². The lowest BCUT2D eigenvalue weighted by Crippen LogP contribution is -2.33. The second-order valence-corrected chi connectivity index (χ2v) is 7.47. The van der Waals surface area contributed by atoms with Crippen LogP contribution in [0, 0.1) is 5.82 Å². The van der Waals surface area contributed by atoms with Crippen LogP contribution in [0.25, 0.3) is 17.1 Å². The van der Waals surface area contributed by atoms with Crippen LogP contribution in [-0.2, 0) is 4.79 Å². The van der Waals surface area contributed by atoms with Crippen molar-refractivity contribution in [1.82, 2.24) is 20.1 Å². The van der Waals surface area contributed by atoms with Gasteiger partial charge in [-0.2, -0.15) is 0 Å². The Bertz CT molecular complexity index is 912. The molecule has 1 amide bonds. The fraction of sp³-hybridized carbons (Fsp3) is 0.286. The summed E-state index contributed by atoms with van der Waals surface area (Å²) < 4.78 is 15.2. The van der Waals surface area contributed by atoms with Crippen LogP contribution in [0.5, 0.6) is 0 Å². The molecule has 0 bridgehead atoms. The van der Waals surface area contributed by atoms with Crippen molar-refractivity contribution in [2.45, 2.75) is 37.9 Å². The predicted molar refractivity (Wildman–Crippen MR) is 110 cm³/mol. The number of aromatic nitrogens is 3. The second-order valence-electron chi connectivity index (χ2n) is 6.53. The normalized spacial score (nSPS) is 12.0. The van der Waals surface area contributed by atoms with Gasteiger partial charge in [0, 0.05) is 17.3 Å². The zero-order valence-electron chi connectivity index (χ0n) is 15.9. The maximum Gasteiger partial charge on any atom is 0.230 e. The number of hydrogen-bond donors (Lipinski definition) is 1. The zero-order valence-corrected chi connectivity index (χ0v) is 16.7. The van der Waals surface area contributed by atoms with Crippen molar-refractivity contribution in [3.63, 3.8) is 0 Å². The van der Waals surface area contributed by atoms with Crippen LogP contribution in [-0.4, -0.2) is 32.5 Å². The third kappa shape index (κ3) is 4.98. The van der Waals surface area contributed by atoms with Crippen molar-refractivity contribution in [3.8, 4) is 17.1 Å². The summed E-state index contributed by atoms with van der Waals surface area (Å²) >= 11 is 1.31. The monoisotopic (exact) mass is 398 g/mol. The molecular weight excluding hydrogens is 375 g/mol. The molecule has 1 aromatic heterocycles.